The fraction of sp³-hybridized carbons (Fsp3) is 0.300. The van der Waals surface area contributed by atoms with E-state index in [0.717, 1.165) is 29.6 Å². The van der Waals surface area contributed by atoms with Gasteiger partial charge in [-0.05, 0) is 48.6 Å². The molecule has 3 aromatic rings. The zero-order valence-corrected chi connectivity index (χ0v) is 14.2. The molecule has 1 aliphatic heterocycles. The number of hydrogen-bond acceptors (Lipinski definition) is 3. The number of benzene rings is 2. The van der Waals surface area contributed by atoms with Gasteiger partial charge >= 0.3 is 0 Å². The number of carbonyl (C=O) groups excluding carboxylic acids is 1. The molecule has 0 radical (unpaired) electrons. The Balaban J connectivity index is 1.42. The molecule has 0 unspecified atom stereocenters. The lowest BCUT2D eigenvalue weighted by atomic mass is 9.97. The maximum absolute atomic E-state index is 12.5. The fourth-order valence-electron chi connectivity index (χ4n) is 3.35. The van der Waals surface area contributed by atoms with Crippen molar-refractivity contribution in [3.8, 4) is 5.75 Å². The minimum absolute atomic E-state index is 0.0500. The monoisotopic (exact) mass is 335 g/mol. The van der Waals surface area contributed by atoms with Gasteiger partial charge in [0, 0.05) is 19.2 Å². The van der Waals surface area contributed by atoms with Gasteiger partial charge in [-0.3, -0.25) is 4.79 Å². The number of aryl methyl sites for hydroxylation is 1. The number of imidazole rings is 1. The Labute approximate surface area is 146 Å². The first-order chi connectivity index (χ1) is 12.2. The SMILES string of the molecule is Cn1cnc2cc(C(=O)NC[C@@H]3CCOc4ccccc4C3)ccc21. The molecule has 0 saturated carbocycles. The molecule has 0 bridgehead atoms. The van der Waals surface area contributed by atoms with Crippen LogP contribution in [0.3, 0.4) is 0 Å². The Kier molecular flexibility index (Phi) is 4.14. The first-order valence-electron chi connectivity index (χ1n) is 8.60. The molecule has 0 aliphatic carbocycles. The van der Waals surface area contributed by atoms with Crippen LogP contribution in [0, 0.1) is 5.92 Å². The first-order valence-corrected chi connectivity index (χ1v) is 8.60. The normalized spacial score (nSPS) is 16.8. The van der Waals surface area contributed by atoms with Crippen molar-refractivity contribution in [2.24, 2.45) is 13.0 Å². The van der Waals surface area contributed by atoms with E-state index in [2.05, 4.69) is 16.4 Å². The Morgan fingerprint density at radius 2 is 2.20 bits per heavy atom. The van der Waals surface area contributed by atoms with E-state index in [-0.39, 0.29) is 5.91 Å². The first kappa shape index (κ1) is 15.7. The largest absolute Gasteiger partial charge is 0.493 e. The average molecular weight is 335 g/mol. The summed E-state index contributed by atoms with van der Waals surface area (Å²) in [6.45, 7) is 1.34. The standard InChI is InChI=1S/C20H21N3O2/c1-23-13-22-17-11-16(6-7-18(17)23)20(24)21-12-14-8-9-25-19-5-3-2-4-15(19)10-14/h2-7,11,13-14H,8-10,12H2,1H3,(H,21,24)/t14-/m1/s1. The number of carbonyl (C=O) groups is 1. The van der Waals surface area contributed by atoms with Gasteiger partial charge in [0.1, 0.15) is 5.75 Å². The van der Waals surface area contributed by atoms with Gasteiger partial charge in [-0.1, -0.05) is 18.2 Å². The molecule has 0 fully saturated rings. The summed E-state index contributed by atoms with van der Waals surface area (Å²) in [5.41, 5.74) is 3.73. The van der Waals surface area contributed by atoms with Gasteiger partial charge in [-0.25, -0.2) is 4.98 Å². The molecule has 1 N–H and O–H groups in total. The molecule has 5 heteroatoms. The van der Waals surface area contributed by atoms with E-state index in [9.17, 15) is 4.79 Å². The predicted octanol–water partition coefficient (Wildman–Crippen LogP) is 2.94. The number of para-hydroxylation sites is 1. The summed E-state index contributed by atoms with van der Waals surface area (Å²) in [5.74, 6) is 1.30. The molecular formula is C20H21N3O2. The highest BCUT2D eigenvalue weighted by atomic mass is 16.5. The molecule has 0 spiro atoms. The van der Waals surface area contributed by atoms with Gasteiger partial charge in [0.2, 0.25) is 0 Å². The third-order valence-electron chi connectivity index (χ3n) is 4.80. The molecule has 2 aromatic carbocycles. The molecule has 1 amide bonds. The number of nitrogens with zero attached hydrogens (tertiary/aromatic N) is 2. The van der Waals surface area contributed by atoms with Crippen molar-refractivity contribution >= 4 is 16.9 Å². The Morgan fingerprint density at radius 3 is 3.12 bits per heavy atom. The molecule has 5 nitrogen and oxygen atoms in total. The number of nitrogens with one attached hydrogen (secondary N) is 1. The maximum atomic E-state index is 12.5. The van der Waals surface area contributed by atoms with Crippen molar-refractivity contribution in [2.45, 2.75) is 12.8 Å². The summed E-state index contributed by atoms with van der Waals surface area (Å²) in [5, 5.41) is 3.07. The van der Waals surface area contributed by atoms with Crippen LogP contribution in [-0.2, 0) is 13.5 Å². The van der Waals surface area contributed by atoms with Gasteiger partial charge in [0.15, 0.2) is 0 Å². The van der Waals surface area contributed by atoms with Gasteiger partial charge in [-0.2, -0.15) is 0 Å². The van der Waals surface area contributed by atoms with Crippen LogP contribution in [-0.4, -0.2) is 28.6 Å². The summed E-state index contributed by atoms with van der Waals surface area (Å²) in [6, 6.07) is 13.8. The number of aromatic nitrogens is 2. The maximum Gasteiger partial charge on any atom is 0.251 e. The minimum atomic E-state index is -0.0500. The van der Waals surface area contributed by atoms with Crippen LogP contribution in [0.1, 0.15) is 22.3 Å². The summed E-state index contributed by atoms with van der Waals surface area (Å²) in [7, 11) is 1.95. The lowest BCUT2D eigenvalue weighted by Crippen LogP contribution is -2.30. The van der Waals surface area contributed by atoms with E-state index < -0.39 is 0 Å². The molecule has 0 saturated heterocycles. The minimum Gasteiger partial charge on any atom is -0.493 e. The third-order valence-corrected chi connectivity index (χ3v) is 4.80. The van der Waals surface area contributed by atoms with Crippen LogP contribution in [0.4, 0.5) is 0 Å². The summed E-state index contributed by atoms with van der Waals surface area (Å²) < 4.78 is 7.74. The molecule has 1 atom stereocenters. The van der Waals surface area contributed by atoms with Crippen molar-refractivity contribution in [3.05, 3.63) is 59.9 Å². The van der Waals surface area contributed by atoms with Crippen molar-refractivity contribution in [3.63, 3.8) is 0 Å². The van der Waals surface area contributed by atoms with Crippen LogP contribution in [0.5, 0.6) is 5.75 Å². The lowest BCUT2D eigenvalue weighted by molar-refractivity contribution is 0.0945. The van der Waals surface area contributed by atoms with E-state index in [1.807, 2.05) is 48.0 Å². The highest BCUT2D eigenvalue weighted by Crippen LogP contribution is 2.26. The van der Waals surface area contributed by atoms with Crippen molar-refractivity contribution in [2.75, 3.05) is 13.2 Å². The van der Waals surface area contributed by atoms with Crippen molar-refractivity contribution < 1.29 is 9.53 Å². The Hall–Kier alpha value is -2.82. The van der Waals surface area contributed by atoms with Gasteiger partial charge in [0.05, 0.1) is 24.0 Å². The van der Waals surface area contributed by atoms with Crippen LogP contribution in [0.25, 0.3) is 11.0 Å². The van der Waals surface area contributed by atoms with E-state index in [4.69, 9.17) is 4.74 Å². The number of hydrogen-bond donors (Lipinski definition) is 1. The number of amides is 1. The fourth-order valence-corrected chi connectivity index (χ4v) is 3.35. The van der Waals surface area contributed by atoms with Gasteiger partial charge in [0.25, 0.3) is 5.91 Å². The second kappa shape index (κ2) is 6.59. The molecule has 25 heavy (non-hydrogen) atoms. The summed E-state index contributed by atoms with van der Waals surface area (Å²) in [6.07, 6.45) is 3.62. The molecule has 1 aliphatic rings. The molecule has 4 rings (SSSR count). The van der Waals surface area contributed by atoms with Crippen LogP contribution >= 0.6 is 0 Å². The number of fused-ring (bicyclic) bond motifs is 2. The average Bonchev–Trinajstić information content (AvgIpc) is 2.88. The highest BCUT2D eigenvalue weighted by Gasteiger charge is 2.18. The number of rotatable bonds is 3. The topological polar surface area (TPSA) is 56.2 Å². The molecule has 2 heterocycles. The van der Waals surface area contributed by atoms with Crippen molar-refractivity contribution in [1.82, 2.24) is 14.9 Å². The quantitative estimate of drug-likeness (QED) is 0.801. The smallest absolute Gasteiger partial charge is 0.251 e. The zero-order chi connectivity index (χ0) is 17.2. The van der Waals surface area contributed by atoms with E-state index in [1.54, 1.807) is 6.33 Å². The number of ether oxygens (including phenoxy) is 1. The Morgan fingerprint density at radius 1 is 1.32 bits per heavy atom. The third kappa shape index (κ3) is 3.22. The molecule has 128 valence electrons. The molecule has 1 aromatic heterocycles. The van der Waals surface area contributed by atoms with Crippen molar-refractivity contribution in [1.29, 1.82) is 0 Å². The zero-order valence-electron chi connectivity index (χ0n) is 14.2. The van der Waals surface area contributed by atoms with Gasteiger partial charge in [-0.15, -0.1) is 0 Å². The van der Waals surface area contributed by atoms with E-state index >= 15 is 0 Å². The molecular weight excluding hydrogens is 314 g/mol. The second-order valence-electron chi connectivity index (χ2n) is 6.58. The summed E-state index contributed by atoms with van der Waals surface area (Å²) in [4.78, 5) is 16.8. The van der Waals surface area contributed by atoms with Gasteiger partial charge < -0.3 is 14.6 Å². The highest BCUT2D eigenvalue weighted by molar-refractivity contribution is 5.97. The van der Waals surface area contributed by atoms with Crippen LogP contribution in [0.15, 0.2) is 48.8 Å². The predicted molar refractivity (Wildman–Crippen MR) is 96.8 cm³/mol. The van der Waals surface area contributed by atoms with E-state index in [1.165, 1.54) is 5.56 Å². The van der Waals surface area contributed by atoms with Crippen LogP contribution < -0.4 is 10.1 Å². The Bertz CT molecular complexity index is 916. The van der Waals surface area contributed by atoms with Crippen LogP contribution in [0.2, 0.25) is 0 Å². The summed E-state index contributed by atoms with van der Waals surface area (Å²) >= 11 is 0. The lowest BCUT2D eigenvalue weighted by Gasteiger charge is -2.14. The van der Waals surface area contributed by atoms with E-state index in [0.29, 0.717) is 24.6 Å². The second-order valence-corrected chi connectivity index (χ2v) is 6.58.